The Morgan fingerprint density at radius 2 is 1.92 bits per heavy atom. The van der Waals surface area contributed by atoms with E-state index < -0.39 is 51.6 Å². The number of carboxylic acid groups (broad SMARTS) is 1. The fraction of sp³-hybridized carbons (Fsp3) is 0.750. The van der Waals surface area contributed by atoms with Crippen LogP contribution in [0, 0.1) is 0 Å². The molecule has 202 valence electrons. The van der Waals surface area contributed by atoms with Gasteiger partial charge in [-0.1, -0.05) is 12.8 Å². The highest BCUT2D eigenvalue weighted by molar-refractivity contribution is 8.00. The van der Waals surface area contributed by atoms with Crippen LogP contribution in [-0.2, 0) is 34.1 Å². The lowest BCUT2D eigenvalue weighted by Gasteiger charge is -2.18. The Kier molecular flexibility index (Phi) is 9.54. The number of amides is 4. The van der Waals surface area contributed by atoms with Gasteiger partial charge >= 0.3 is 18.0 Å². The summed E-state index contributed by atoms with van der Waals surface area (Å²) in [6.45, 7) is 0.411. The van der Waals surface area contributed by atoms with E-state index in [-0.39, 0.29) is 34.8 Å². The Bertz CT molecular complexity index is 991. The van der Waals surface area contributed by atoms with E-state index in [1.54, 1.807) is 11.8 Å². The van der Waals surface area contributed by atoms with Crippen molar-refractivity contribution in [3.05, 3.63) is 0 Å². The molecule has 36 heavy (non-hydrogen) atoms. The van der Waals surface area contributed by atoms with Crippen molar-refractivity contribution in [2.24, 2.45) is 0 Å². The van der Waals surface area contributed by atoms with Gasteiger partial charge < -0.3 is 25.9 Å². The van der Waals surface area contributed by atoms with Crippen LogP contribution in [0.15, 0.2) is 0 Å². The summed E-state index contributed by atoms with van der Waals surface area (Å²) in [5.74, 6) is -3.34. The Labute approximate surface area is 211 Å². The Morgan fingerprint density at radius 1 is 1.17 bits per heavy atom. The zero-order valence-electron chi connectivity index (χ0n) is 19.4. The molecule has 2 unspecified atom stereocenters. The van der Waals surface area contributed by atoms with Gasteiger partial charge in [-0.05, 0) is 32.2 Å². The third-order valence-corrected chi connectivity index (χ3v) is 8.88. The number of nitrogens with zero attached hydrogens (tertiary/aromatic N) is 1. The molecule has 5 N–H and O–H groups in total. The van der Waals surface area contributed by atoms with Crippen molar-refractivity contribution in [1.82, 2.24) is 21.0 Å². The van der Waals surface area contributed by atoms with Crippen LogP contribution in [0.25, 0.3) is 0 Å². The number of unbranched alkanes of at least 4 members (excludes halogenated alkanes) is 2. The number of hydrogen-bond donors (Lipinski definition) is 5. The largest absolute Gasteiger partial charge is 0.480 e. The van der Waals surface area contributed by atoms with Crippen LogP contribution >= 0.6 is 11.8 Å². The third kappa shape index (κ3) is 7.30. The van der Waals surface area contributed by atoms with Gasteiger partial charge in [-0.2, -0.15) is 20.2 Å². The first kappa shape index (κ1) is 28.1. The van der Waals surface area contributed by atoms with Gasteiger partial charge in [-0.25, -0.2) is 9.59 Å². The first-order valence-electron chi connectivity index (χ1n) is 11.7. The van der Waals surface area contributed by atoms with Crippen LogP contribution in [-0.4, -0.2) is 93.8 Å². The van der Waals surface area contributed by atoms with Gasteiger partial charge in [0.25, 0.3) is 21.9 Å². The Hall–Kier alpha value is -2.43. The van der Waals surface area contributed by atoms with Gasteiger partial charge in [-0.3, -0.25) is 18.9 Å². The molecule has 14 nitrogen and oxygen atoms in total. The number of fused-ring (bicyclic) bond motifs is 1. The minimum atomic E-state index is -4.78. The number of hydrogen-bond acceptors (Lipinski definition) is 10. The number of carbonyl (C=O) groups excluding carboxylic acids is 4. The predicted molar refractivity (Wildman–Crippen MR) is 125 cm³/mol. The molecule has 3 rings (SSSR count). The summed E-state index contributed by atoms with van der Waals surface area (Å²) in [6.07, 6.45) is 2.46. The number of carboxylic acids is 1. The minimum Gasteiger partial charge on any atom is -0.480 e. The van der Waals surface area contributed by atoms with Crippen molar-refractivity contribution in [3.8, 4) is 0 Å². The highest BCUT2D eigenvalue weighted by Gasteiger charge is 2.48. The lowest BCUT2D eigenvalue weighted by atomic mass is 10.0. The standard InChI is InChI=1S/C20H30N4O10S2/c25-15-9-14(36(31,32)33)18(27)24(15)34-16(26)7-2-1-3-8-21-11(19(28)29)5-4-6-13-17-12(10-35-13)22-20(30)23-17/h11-14,17,21H,1-10H2,(H,28,29)(H2,22,23,30)(H,31,32,33)/t11?,12-,13-,14?,17-/m0/s1. The fourth-order valence-corrected chi connectivity index (χ4v) is 6.63. The van der Waals surface area contributed by atoms with Crippen LogP contribution < -0.4 is 16.0 Å². The maximum atomic E-state index is 11.9. The molecule has 3 aliphatic heterocycles. The number of rotatable bonds is 14. The molecule has 0 spiro atoms. The first-order valence-corrected chi connectivity index (χ1v) is 14.2. The zero-order chi connectivity index (χ0) is 26.5. The average molecular weight is 551 g/mol. The highest BCUT2D eigenvalue weighted by atomic mass is 32.2. The van der Waals surface area contributed by atoms with Gasteiger partial charge in [0.05, 0.1) is 18.5 Å². The second-order valence-corrected chi connectivity index (χ2v) is 11.8. The monoisotopic (exact) mass is 550 g/mol. The SMILES string of the molecule is O=C1N[C@H]2[C@H](CS[C@H]2CCCC(NCCCCCC(=O)ON2C(=O)CC(S(=O)(=O)O)C2=O)C(=O)O)N1. The van der Waals surface area contributed by atoms with E-state index in [1.807, 2.05) is 0 Å². The number of aliphatic carboxylic acids is 1. The average Bonchev–Trinajstić information content (AvgIpc) is 3.42. The fourth-order valence-electron chi connectivity index (χ4n) is 4.38. The van der Waals surface area contributed by atoms with Crippen LogP contribution in [0.2, 0.25) is 0 Å². The van der Waals surface area contributed by atoms with E-state index in [1.165, 1.54) is 0 Å². The molecule has 3 saturated heterocycles. The molecule has 16 heteroatoms. The molecule has 0 radical (unpaired) electrons. The normalized spacial score (nSPS) is 26.5. The number of imide groups is 1. The van der Waals surface area contributed by atoms with Crippen LogP contribution in [0.5, 0.6) is 0 Å². The van der Waals surface area contributed by atoms with Crippen LogP contribution in [0.4, 0.5) is 4.79 Å². The lowest BCUT2D eigenvalue weighted by Crippen LogP contribution is -2.38. The molecule has 4 amide bonds. The maximum absolute atomic E-state index is 11.9. The quantitative estimate of drug-likeness (QED) is 0.0795. The van der Waals surface area contributed by atoms with E-state index in [0.29, 0.717) is 38.6 Å². The first-order chi connectivity index (χ1) is 17.0. The zero-order valence-corrected chi connectivity index (χ0v) is 21.0. The molecule has 3 aliphatic rings. The van der Waals surface area contributed by atoms with Crippen molar-refractivity contribution in [2.75, 3.05) is 12.3 Å². The summed E-state index contributed by atoms with van der Waals surface area (Å²) in [7, 11) is -4.78. The molecule has 0 bridgehead atoms. The minimum absolute atomic E-state index is 0.0706. The maximum Gasteiger partial charge on any atom is 0.333 e. The molecular formula is C20H30N4O10S2. The molecule has 5 atom stereocenters. The van der Waals surface area contributed by atoms with Crippen molar-refractivity contribution in [1.29, 1.82) is 0 Å². The summed E-state index contributed by atoms with van der Waals surface area (Å²) < 4.78 is 31.2. The molecule has 0 aromatic rings. The molecular weight excluding hydrogens is 520 g/mol. The van der Waals surface area contributed by atoms with Gasteiger partial charge in [0.2, 0.25) is 0 Å². The Morgan fingerprint density at radius 3 is 2.58 bits per heavy atom. The van der Waals surface area contributed by atoms with Crippen LogP contribution in [0.1, 0.15) is 51.4 Å². The summed E-state index contributed by atoms with van der Waals surface area (Å²) in [6, 6.07) is -0.659. The summed E-state index contributed by atoms with van der Waals surface area (Å²) in [5, 5.41) is 16.6. The van der Waals surface area contributed by atoms with E-state index in [2.05, 4.69) is 20.8 Å². The number of nitrogens with one attached hydrogen (secondary N) is 3. The Balaban J connectivity index is 1.28. The van der Waals surface area contributed by atoms with Crippen LogP contribution in [0.3, 0.4) is 0 Å². The smallest absolute Gasteiger partial charge is 0.333 e. The van der Waals surface area contributed by atoms with E-state index in [9.17, 15) is 37.5 Å². The summed E-state index contributed by atoms with van der Waals surface area (Å²) in [5.41, 5.74) is 0. The van der Waals surface area contributed by atoms with E-state index in [0.717, 1.165) is 12.2 Å². The second kappa shape index (κ2) is 12.2. The molecule has 0 aliphatic carbocycles. The van der Waals surface area contributed by atoms with Gasteiger partial charge in [0.1, 0.15) is 6.04 Å². The summed E-state index contributed by atoms with van der Waals surface area (Å²) >= 11 is 1.78. The summed E-state index contributed by atoms with van der Waals surface area (Å²) in [4.78, 5) is 63.1. The number of carbonyl (C=O) groups is 5. The van der Waals surface area contributed by atoms with Crippen molar-refractivity contribution >= 4 is 51.7 Å². The lowest BCUT2D eigenvalue weighted by molar-refractivity contribution is -0.197. The topological polar surface area (TPSA) is 209 Å². The van der Waals surface area contributed by atoms with Crippen molar-refractivity contribution in [2.45, 2.75) is 80.0 Å². The number of urea groups is 1. The molecule has 3 heterocycles. The third-order valence-electron chi connectivity index (χ3n) is 6.28. The predicted octanol–water partition coefficient (Wildman–Crippen LogP) is -0.601. The van der Waals surface area contributed by atoms with Gasteiger partial charge in [0.15, 0.2) is 5.25 Å². The van der Waals surface area contributed by atoms with E-state index >= 15 is 0 Å². The highest BCUT2D eigenvalue weighted by Crippen LogP contribution is 2.33. The van der Waals surface area contributed by atoms with E-state index in [4.69, 9.17) is 4.55 Å². The molecule has 3 fully saturated rings. The van der Waals surface area contributed by atoms with Crippen molar-refractivity contribution < 1.29 is 46.9 Å². The molecule has 0 aromatic heterocycles. The molecule has 0 saturated carbocycles. The molecule has 0 aromatic carbocycles. The van der Waals surface area contributed by atoms with Gasteiger partial charge in [-0.15, -0.1) is 5.06 Å². The number of hydroxylamine groups is 2. The van der Waals surface area contributed by atoms with Crippen molar-refractivity contribution in [3.63, 3.8) is 0 Å². The second-order valence-electron chi connectivity index (χ2n) is 8.91. The number of thioether (sulfide) groups is 1. The van der Waals surface area contributed by atoms with Gasteiger partial charge in [0, 0.05) is 17.4 Å².